The molecule has 1 N–H and O–H groups in total. The van der Waals surface area contributed by atoms with Crippen molar-refractivity contribution in [1.29, 1.82) is 0 Å². The van der Waals surface area contributed by atoms with Gasteiger partial charge in [0.1, 0.15) is 0 Å². The van der Waals surface area contributed by atoms with Crippen LogP contribution in [0, 0.1) is 5.92 Å². The van der Waals surface area contributed by atoms with Gasteiger partial charge in [-0.3, -0.25) is 0 Å². The fraction of sp³-hybridized carbons (Fsp3) is 1.00. The second-order valence-corrected chi connectivity index (χ2v) is 5.09. The Hall–Kier alpha value is -0.0800. The third kappa shape index (κ3) is 3.76. The number of nitrogens with one attached hydrogen (secondary N) is 1. The molecular weight excluding hydrogens is 186 g/mol. The second-order valence-electron chi connectivity index (χ2n) is 5.09. The highest BCUT2D eigenvalue weighted by atomic mass is 16.5. The van der Waals surface area contributed by atoms with E-state index in [4.69, 9.17) is 4.74 Å². The Labute approximate surface area is 93.8 Å². The molecule has 2 aliphatic carbocycles. The summed E-state index contributed by atoms with van der Waals surface area (Å²) in [5.41, 5.74) is 0. The topological polar surface area (TPSA) is 21.3 Å². The lowest BCUT2D eigenvalue weighted by Gasteiger charge is -2.30. The summed E-state index contributed by atoms with van der Waals surface area (Å²) in [5, 5.41) is 3.50. The summed E-state index contributed by atoms with van der Waals surface area (Å²) in [6, 6.07) is 0.821. The van der Waals surface area contributed by atoms with Gasteiger partial charge in [-0.15, -0.1) is 0 Å². The average molecular weight is 211 g/mol. The Kier molecular flexibility index (Phi) is 4.45. The summed E-state index contributed by atoms with van der Waals surface area (Å²) >= 11 is 0. The molecule has 15 heavy (non-hydrogen) atoms. The van der Waals surface area contributed by atoms with Crippen LogP contribution in [-0.2, 0) is 4.74 Å². The third-order valence-electron chi connectivity index (χ3n) is 3.81. The van der Waals surface area contributed by atoms with Crippen molar-refractivity contribution in [3.63, 3.8) is 0 Å². The quantitative estimate of drug-likeness (QED) is 0.682. The van der Waals surface area contributed by atoms with Gasteiger partial charge < -0.3 is 10.1 Å². The van der Waals surface area contributed by atoms with Crippen molar-refractivity contribution in [3.05, 3.63) is 0 Å². The van der Waals surface area contributed by atoms with Gasteiger partial charge in [0.2, 0.25) is 0 Å². The van der Waals surface area contributed by atoms with E-state index in [1.54, 1.807) is 0 Å². The molecule has 2 aliphatic rings. The molecular formula is C13H25NO. The Morgan fingerprint density at radius 3 is 2.67 bits per heavy atom. The van der Waals surface area contributed by atoms with Gasteiger partial charge >= 0.3 is 0 Å². The summed E-state index contributed by atoms with van der Waals surface area (Å²) in [5.74, 6) is 0.833. The number of hydrogen-bond acceptors (Lipinski definition) is 2. The molecule has 0 aromatic rings. The van der Waals surface area contributed by atoms with Crippen LogP contribution in [0.5, 0.6) is 0 Å². The van der Waals surface area contributed by atoms with Crippen LogP contribution in [0.4, 0.5) is 0 Å². The van der Waals surface area contributed by atoms with Crippen molar-refractivity contribution < 1.29 is 4.74 Å². The first-order chi connectivity index (χ1) is 7.40. The largest absolute Gasteiger partial charge is 0.377 e. The van der Waals surface area contributed by atoms with E-state index in [1.165, 1.54) is 44.9 Å². The smallest absolute Gasteiger partial charge is 0.0603 e. The Bertz CT molecular complexity index is 179. The van der Waals surface area contributed by atoms with Crippen LogP contribution in [0.1, 0.15) is 51.9 Å². The molecule has 0 heterocycles. The van der Waals surface area contributed by atoms with Crippen molar-refractivity contribution >= 4 is 0 Å². The Balaban J connectivity index is 1.58. The van der Waals surface area contributed by atoms with Crippen molar-refractivity contribution in [2.24, 2.45) is 5.92 Å². The molecule has 88 valence electrons. The van der Waals surface area contributed by atoms with Gasteiger partial charge in [0.05, 0.1) is 12.7 Å². The molecule has 0 bridgehead atoms. The summed E-state index contributed by atoms with van der Waals surface area (Å²) in [7, 11) is 0. The van der Waals surface area contributed by atoms with Crippen LogP contribution in [-0.4, -0.2) is 25.3 Å². The lowest BCUT2D eigenvalue weighted by Crippen LogP contribution is -2.31. The van der Waals surface area contributed by atoms with Gasteiger partial charge in [-0.05, 0) is 31.6 Å². The van der Waals surface area contributed by atoms with Crippen LogP contribution < -0.4 is 5.32 Å². The maximum Gasteiger partial charge on any atom is 0.0603 e. The molecule has 0 saturated heterocycles. The maximum absolute atomic E-state index is 6.00. The first-order valence-electron chi connectivity index (χ1n) is 6.75. The first-order valence-corrected chi connectivity index (χ1v) is 6.75. The van der Waals surface area contributed by atoms with E-state index in [9.17, 15) is 0 Å². The highest BCUT2D eigenvalue weighted by molar-refractivity contribution is 4.80. The highest BCUT2D eigenvalue weighted by Crippen LogP contribution is 2.28. The first kappa shape index (κ1) is 11.4. The molecule has 2 nitrogen and oxygen atoms in total. The molecule has 0 aromatic carbocycles. The Morgan fingerprint density at radius 2 is 1.93 bits per heavy atom. The molecule has 2 rings (SSSR count). The van der Waals surface area contributed by atoms with E-state index >= 15 is 0 Å². The van der Waals surface area contributed by atoms with Gasteiger partial charge in [0.15, 0.2) is 0 Å². The van der Waals surface area contributed by atoms with Gasteiger partial charge in [-0.1, -0.05) is 26.2 Å². The summed E-state index contributed by atoms with van der Waals surface area (Å²) in [6.45, 7) is 4.27. The predicted molar refractivity (Wildman–Crippen MR) is 63.0 cm³/mol. The number of hydrogen-bond donors (Lipinski definition) is 1. The second kappa shape index (κ2) is 5.86. The average Bonchev–Trinajstić information content (AvgIpc) is 3.09. The Morgan fingerprint density at radius 1 is 1.13 bits per heavy atom. The summed E-state index contributed by atoms with van der Waals surface area (Å²) < 4.78 is 6.00. The predicted octanol–water partition coefficient (Wildman–Crippen LogP) is 2.72. The fourth-order valence-electron chi connectivity index (χ4n) is 2.62. The molecule has 0 aromatic heterocycles. The lowest BCUT2D eigenvalue weighted by molar-refractivity contribution is -0.0103. The number of rotatable bonds is 6. The van der Waals surface area contributed by atoms with Crippen LogP contribution in [0.3, 0.4) is 0 Å². The number of ether oxygens (including phenoxy) is 1. The van der Waals surface area contributed by atoms with Crippen molar-refractivity contribution in [2.75, 3.05) is 13.2 Å². The SMILES string of the molecule is CCC1CCCCC1OCCNC1CC1. The van der Waals surface area contributed by atoms with Gasteiger partial charge in [-0.2, -0.15) is 0 Å². The minimum Gasteiger partial charge on any atom is -0.377 e. The standard InChI is InChI=1S/C13H25NO/c1-2-11-5-3-4-6-13(11)15-10-9-14-12-7-8-12/h11-14H,2-10H2,1H3. The van der Waals surface area contributed by atoms with Gasteiger partial charge in [0.25, 0.3) is 0 Å². The highest BCUT2D eigenvalue weighted by Gasteiger charge is 2.24. The third-order valence-corrected chi connectivity index (χ3v) is 3.81. The fourth-order valence-corrected chi connectivity index (χ4v) is 2.62. The van der Waals surface area contributed by atoms with Crippen molar-refractivity contribution in [1.82, 2.24) is 5.32 Å². The molecule has 0 aliphatic heterocycles. The molecule has 0 radical (unpaired) electrons. The zero-order chi connectivity index (χ0) is 10.5. The van der Waals surface area contributed by atoms with E-state index < -0.39 is 0 Å². The van der Waals surface area contributed by atoms with Crippen molar-refractivity contribution in [3.8, 4) is 0 Å². The molecule has 2 heteroatoms. The molecule has 2 saturated carbocycles. The lowest BCUT2D eigenvalue weighted by atomic mass is 9.85. The van der Waals surface area contributed by atoms with Crippen LogP contribution in [0.2, 0.25) is 0 Å². The maximum atomic E-state index is 6.00. The van der Waals surface area contributed by atoms with Crippen LogP contribution in [0.15, 0.2) is 0 Å². The van der Waals surface area contributed by atoms with E-state index in [1.807, 2.05) is 0 Å². The minimum atomic E-state index is 0.560. The molecule has 0 spiro atoms. The zero-order valence-electron chi connectivity index (χ0n) is 10.0. The summed E-state index contributed by atoms with van der Waals surface area (Å²) in [4.78, 5) is 0. The van der Waals surface area contributed by atoms with Gasteiger partial charge in [-0.25, -0.2) is 0 Å². The van der Waals surface area contributed by atoms with Crippen LogP contribution >= 0.6 is 0 Å². The summed E-state index contributed by atoms with van der Waals surface area (Å²) in [6.07, 6.45) is 10.1. The van der Waals surface area contributed by atoms with Gasteiger partial charge in [0, 0.05) is 12.6 Å². The van der Waals surface area contributed by atoms with E-state index in [0.717, 1.165) is 25.1 Å². The molecule has 2 atom stereocenters. The normalized spacial score (nSPS) is 31.8. The van der Waals surface area contributed by atoms with E-state index in [0.29, 0.717) is 6.10 Å². The van der Waals surface area contributed by atoms with Crippen molar-refractivity contribution in [2.45, 2.75) is 64.0 Å². The van der Waals surface area contributed by atoms with E-state index in [-0.39, 0.29) is 0 Å². The van der Waals surface area contributed by atoms with E-state index in [2.05, 4.69) is 12.2 Å². The monoisotopic (exact) mass is 211 g/mol. The molecule has 2 unspecified atom stereocenters. The molecule has 2 fully saturated rings. The minimum absolute atomic E-state index is 0.560. The zero-order valence-corrected chi connectivity index (χ0v) is 10.0. The van der Waals surface area contributed by atoms with Crippen LogP contribution in [0.25, 0.3) is 0 Å². The molecule has 0 amide bonds.